The van der Waals surface area contributed by atoms with Gasteiger partial charge in [0, 0.05) is 36.1 Å². The highest BCUT2D eigenvalue weighted by Crippen LogP contribution is 2.28. The maximum atomic E-state index is 11.9. The van der Waals surface area contributed by atoms with Crippen molar-refractivity contribution in [2.24, 2.45) is 5.92 Å². The van der Waals surface area contributed by atoms with Gasteiger partial charge in [0.1, 0.15) is 0 Å². The van der Waals surface area contributed by atoms with Gasteiger partial charge in [-0.25, -0.2) is 4.79 Å². The van der Waals surface area contributed by atoms with Gasteiger partial charge in [-0.2, -0.15) is 0 Å². The van der Waals surface area contributed by atoms with E-state index in [2.05, 4.69) is 24.5 Å². The fourth-order valence-electron chi connectivity index (χ4n) is 2.45. The third-order valence-electron chi connectivity index (χ3n) is 3.87. The summed E-state index contributed by atoms with van der Waals surface area (Å²) in [6.45, 7) is 6.87. The van der Waals surface area contributed by atoms with Gasteiger partial charge in [0.15, 0.2) is 0 Å². The first-order valence-electron chi connectivity index (χ1n) is 7.33. The molecule has 1 aliphatic heterocycles. The second kappa shape index (κ2) is 7.14. The monoisotopic (exact) mass is 310 g/mol. The maximum absolute atomic E-state index is 11.9. The lowest BCUT2D eigenvalue weighted by Crippen LogP contribution is -2.43. The fourth-order valence-corrected chi connectivity index (χ4v) is 2.84. The molecule has 116 valence electrons. The molecule has 1 unspecified atom stereocenters. The van der Waals surface area contributed by atoms with Crippen LogP contribution in [-0.4, -0.2) is 32.3 Å². The van der Waals surface area contributed by atoms with Gasteiger partial charge >= 0.3 is 6.03 Å². The number of carbonyl (C=O) groups excluding carboxylic acids is 1. The minimum Gasteiger partial charge on any atom is -0.381 e. The molecule has 0 aliphatic carbocycles. The summed E-state index contributed by atoms with van der Waals surface area (Å²) in [6.07, 6.45) is 1.02. The molecule has 0 bridgehead atoms. The molecule has 1 fully saturated rings. The largest absolute Gasteiger partial charge is 0.381 e. The zero-order chi connectivity index (χ0) is 15.3. The molecule has 1 heterocycles. The molecule has 1 atom stereocenters. The molecule has 0 saturated carbocycles. The average Bonchev–Trinajstić information content (AvgIpc) is 2.96. The zero-order valence-corrected chi connectivity index (χ0v) is 13.4. The summed E-state index contributed by atoms with van der Waals surface area (Å²) >= 11 is 6.23. The third kappa shape index (κ3) is 4.61. The van der Waals surface area contributed by atoms with Gasteiger partial charge in [-0.1, -0.05) is 43.6 Å². The Morgan fingerprint density at radius 2 is 2.14 bits per heavy atom. The molecule has 0 radical (unpaired) electrons. The van der Waals surface area contributed by atoms with E-state index in [4.69, 9.17) is 16.3 Å². The summed E-state index contributed by atoms with van der Waals surface area (Å²) in [5.74, 6) is 0.437. The maximum Gasteiger partial charge on any atom is 0.314 e. The SMILES string of the molecule is CC(C)(CNC(=O)NCC1CCOC1)c1ccccc1Cl. The van der Waals surface area contributed by atoms with Crippen LogP contribution in [0.3, 0.4) is 0 Å². The topological polar surface area (TPSA) is 50.4 Å². The van der Waals surface area contributed by atoms with Crippen molar-refractivity contribution in [1.82, 2.24) is 10.6 Å². The van der Waals surface area contributed by atoms with Crippen LogP contribution in [0, 0.1) is 5.92 Å². The van der Waals surface area contributed by atoms with E-state index in [-0.39, 0.29) is 11.4 Å². The Hall–Kier alpha value is -1.26. The molecular weight excluding hydrogens is 288 g/mol. The Morgan fingerprint density at radius 3 is 2.81 bits per heavy atom. The highest BCUT2D eigenvalue weighted by atomic mass is 35.5. The predicted octanol–water partition coefficient (Wildman–Crippen LogP) is 2.95. The van der Waals surface area contributed by atoms with Crippen LogP contribution >= 0.6 is 11.6 Å². The van der Waals surface area contributed by atoms with Crippen molar-refractivity contribution in [3.8, 4) is 0 Å². The van der Waals surface area contributed by atoms with Gasteiger partial charge in [0.05, 0.1) is 6.61 Å². The lowest BCUT2D eigenvalue weighted by molar-refractivity contribution is 0.185. The van der Waals surface area contributed by atoms with Crippen molar-refractivity contribution in [1.29, 1.82) is 0 Å². The number of carbonyl (C=O) groups is 1. The van der Waals surface area contributed by atoms with Crippen molar-refractivity contribution >= 4 is 17.6 Å². The van der Waals surface area contributed by atoms with Gasteiger partial charge in [-0.3, -0.25) is 0 Å². The van der Waals surface area contributed by atoms with Crippen LogP contribution in [0.15, 0.2) is 24.3 Å². The highest BCUT2D eigenvalue weighted by Gasteiger charge is 2.24. The van der Waals surface area contributed by atoms with Crippen LogP contribution in [0.1, 0.15) is 25.8 Å². The van der Waals surface area contributed by atoms with Gasteiger partial charge < -0.3 is 15.4 Å². The molecule has 21 heavy (non-hydrogen) atoms. The van der Waals surface area contributed by atoms with Gasteiger partial charge in [-0.15, -0.1) is 0 Å². The number of benzene rings is 1. The fraction of sp³-hybridized carbons (Fsp3) is 0.562. The number of amides is 2. The van der Waals surface area contributed by atoms with Crippen molar-refractivity contribution in [3.63, 3.8) is 0 Å². The van der Waals surface area contributed by atoms with E-state index in [9.17, 15) is 4.79 Å². The van der Waals surface area contributed by atoms with E-state index < -0.39 is 0 Å². The second-order valence-electron chi connectivity index (χ2n) is 6.16. The van der Waals surface area contributed by atoms with Crippen LogP contribution in [0.25, 0.3) is 0 Å². The molecule has 2 rings (SSSR count). The molecular formula is C16H23ClN2O2. The molecule has 1 aromatic carbocycles. The molecule has 1 aliphatic rings. The Labute approximate surface area is 131 Å². The first-order valence-corrected chi connectivity index (χ1v) is 7.71. The Morgan fingerprint density at radius 1 is 1.38 bits per heavy atom. The molecule has 4 nitrogen and oxygen atoms in total. The standard InChI is InChI=1S/C16H23ClN2O2/c1-16(2,13-5-3-4-6-14(13)17)11-19-15(20)18-9-12-7-8-21-10-12/h3-6,12H,7-11H2,1-2H3,(H2,18,19,20). The van der Waals surface area contributed by atoms with E-state index >= 15 is 0 Å². The molecule has 1 saturated heterocycles. The number of rotatable bonds is 5. The van der Waals surface area contributed by atoms with Crippen LogP contribution in [0.4, 0.5) is 4.79 Å². The second-order valence-corrected chi connectivity index (χ2v) is 6.56. The van der Waals surface area contributed by atoms with E-state index in [1.54, 1.807) is 0 Å². The number of nitrogens with one attached hydrogen (secondary N) is 2. The number of ether oxygens (including phenoxy) is 1. The zero-order valence-electron chi connectivity index (χ0n) is 12.6. The van der Waals surface area contributed by atoms with Crippen molar-refractivity contribution in [2.45, 2.75) is 25.7 Å². The van der Waals surface area contributed by atoms with Crippen LogP contribution in [0.5, 0.6) is 0 Å². The lowest BCUT2D eigenvalue weighted by atomic mass is 9.84. The average molecular weight is 311 g/mol. The molecule has 0 spiro atoms. The molecule has 2 N–H and O–H groups in total. The van der Waals surface area contributed by atoms with E-state index in [1.807, 2.05) is 24.3 Å². The van der Waals surface area contributed by atoms with E-state index in [0.29, 0.717) is 19.0 Å². The number of halogens is 1. The summed E-state index contributed by atoms with van der Waals surface area (Å²) in [6, 6.07) is 7.60. The van der Waals surface area contributed by atoms with Crippen molar-refractivity contribution in [2.75, 3.05) is 26.3 Å². The highest BCUT2D eigenvalue weighted by molar-refractivity contribution is 6.31. The van der Waals surface area contributed by atoms with Crippen LogP contribution in [-0.2, 0) is 10.2 Å². The molecule has 1 aromatic rings. The first-order chi connectivity index (χ1) is 9.99. The number of hydrogen-bond acceptors (Lipinski definition) is 2. The summed E-state index contributed by atoms with van der Waals surface area (Å²) in [7, 11) is 0. The van der Waals surface area contributed by atoms with Crippen molar-refractivity contribution < 1.29 is 9.53 Å². The first kappa shape index (κ1) is 16.1. The van der Waals surface area contributed by atoms with Crippen LogP contribution in [0.2, 0.25) is 5.02 Å². The van der Waals surface area contributed by atoms with Crippen LogP contribution < -0.4 is 10.6 Å². The van der Waals surface area contributed by atoms with E-state index in [1.165, 1.54) is 0 Å². The summed E-state index contributed by atoms with van der Waals surface area (Å²) in [4.78, 5) is 11.9. The molecule has 5 heteroatoms. The van der Waals surface area contributed by atoms with E-state index in [0.717, 1.165) is 30.2 Å². The van der Waals surface area contributed by atoms with Crippen molar-refractivity contribution in [3.05, 3.63) is 34.9 Å². The minimum atomic E-state index is -0.216. The smallest absolute Gasteiger partial charge is 0.314 e. The lowest BCUT2D eigenvalue weighted by Gasteiger charge is -2.26. The van der Waals surface area contributed by atoms with Gasteiger partial charge in [0.2, 0.25) is 0 Å². The Kier molecular flexibility index (Phi) is 5.48. The summed E-state index contributed by atoms with van der Waals surface area (Å²) in [5, 5.41) is 6.55. The summed E-state index contributed by atoms with van der Waals surface area (Å²) in [5.41, 5.74) is 0.822. The molecule has 2 amide bonds. The quantitative estimate of drug-likeness (QED) is 0.878. The Balaban J connectivity index is 1.80. The van der Waals surface area contributed by atoms with Gasteiger partial charge in [-0.05, 0) is 18.1 Å². The predicted molar refractivity (Wildman–Crippen MR) is 84.8 cm³/mol. The minimum absolute atomic E-state index is 0.137. The van der Waals surface area contributed by atoms with Gasteiger partial charge in [0.25, 0.3) is 0 Å². The molecule has 0 aromatic heterocycles. The number of hydrogen-bond donors (Lipinski definition) is 2. The summed E-state index contributed by atoms with van der Waals surface area (Å²) < 4.78 is 5.29. The third-order valence-corrected chi connectivity index (χ3v) is 4.20. The number of urea groups is 1. The Bertz CT molecular complexity index is 485. The normalized spacial score (nSPS) is 18.5.